The van der Waals surface area contributed by atoms with Crippen LogP contribution in [0.25, 0.3) is 0 Å². The summed E-state index contributed by atoms with van der Waals surface area (Å²) in [5, 5.41) is 25.0. The predicted octanol–water partition coefficient (Wildman–Crippen LogP) is 4.22. The number of nitriles is 1. The molecule has 6 rings (SSSR count). The zero-order chi connectivity index (χ0) is 24.2. The molecule has 2 fully saturated rings. The summed E-state index contributed by atoms with van der Waals surface area (Å²) in [6, 6.07) is 14.3. The molecule has 3 aliphatic rings. The van der Waals surface area contributed by atoms with Gasteiger partial charge < -0.3 is 10.6 Å². The minimum atomic E-state index is -0.219. The van der Waals surface area contributed by atoms with E-state index in [0.29, 0.717) is 21.7 Å². The van der Waals surface area contributed by atoms with E-state index in [2.05, 4.69) is 52.1 Å². The van der Waals surface area contributed by atoms with E-state index in [9.17, 15) is 10.1 Å². The first kappa shape index (κ1) is 22.3. The quantitative estimate of drug-likeness (QED) is 0.562. The van der Waals surface area contributed by atoms with Gasteiger partial charge in [0.15, 0.2) is 5.69 Å². The number of nitrogens with zero attached hydrogens (tertiary/aromatic N) is 4. The Labute approximate surface area is 209 Å². The maximum Gasteiger partial charge on any atom is 0.273 e. The molecule has 2 heterocycles. The van der Waals surface area contributed by atoms with Crippen LogP contribution >= 0.6 is 11.6 Å². The van der Waals surface area contributed by atoms with Crippen LogP contribution in [0.4, 0.5) is 0 Å². The van der Waals surface area contributed by atoms with Gasteiger partial charge in [-0.15, -0.1) is 5.10 Å². The van der Waals surface area contributed by atoms with Gasteiger partial charge >= 0.3 is 0 Å². The Hall–Kier alpha value is -3.21. The van der Waals surface area contributed by atoms with Gasteiger partial charge in [0.25, 0.3) is 5.91 Å². The van der Waals surface area contributed by atoms with Crippen molar-refractivity contribution in [1.29, 1.82) is 5.26 Å². The number of hydrogen-bond acceptors (Lipinski definition) is 5. The lowest BCUT2D eigenvalue weighted by molar-refractivity contribution is 0.0903. The molecule has 2 aromatic carbocycles. The highest BCUT2D eigenvalue weighted by molar-refractivity contribution is 6.30. The van der Waals surface area contributed by atoms with Crippen LogP contribution in [-0.4, -0.2) is 33.5 Å². The first-order chi connectivity index (χ1) is 17.0. The van der Waals surface area contributed by atoms with Crippen molar-refractivity contribution in [3.8, 4) is 6.07 Å². The van der Waals surface area contributed by atoms with E-state index in [1.165, 1.54) is 24.0 Å². The van der Waals surface area contributed by atoms with Gasteiger partial charge in [0.05, 0.1) is 23.9 Å². The molecule has 0 bridgehead atoms. The number of hydrogen-bond donors (Lipinski definition) is 2. The summed E-state index contributed by atoms with van der Waals surface area (Å²) in [6.07, 6.45) is 5.81. The molecule has 1 amide bonds. The van der Waals surface area contributed by atoms with Crippen molar-refractivity contribution < 1.29 is 4.79 Å². The van der Waals surface area contributed by atoms with Crippen molar-refractivity contribution in [3.63, 3.8) is 0 Å². The zero-order valence-corrected chi connectivity index (χ0v) is 20.3. The molecular formula is C27H27ClN6O. The maximum atomic E-state index is 12.8. The predicted molar refractivity (Wildman–Crippen MR) is 132 cm³/mol. The van der Waals surface area contributed by atoms with E-state index in [4.69, 9.17) is 11.6 Å². The molecule has 0 radical (unpaired) electrons. The lowest BCUT2D eigenvalue weighted by Crippen LogP contribution is -2.43. The van der Waals surface area contributed by atoms with Crippen LogP contribution in [0.2, 0.25) is 5.02 Å². The van der Waals surface area contributed by atoms with Crippen molar-refractivity contribution in [2.24, 2.45) is 0 Å². The summed E-state index contributed by atoms with van der Waals surface area (Å²) in [6.45, 7) is 4.06. The van der Waals surface area contributed by atoms with Gasteiger partial charge in [-0.2, -0.15) is 5.26 Å². The minimum absolute atomic E-state index is 0.0215. The first-order valence-corrected chi connectivity index (χ1v) is 12.6. The summed E-state index contributed by atoms with van der Waals surface area (Å²) in [4.78, 5) is 12.8. The molecule has 178 valence electrons. The second kappa shape index (κ2) is 8.47. The van der Waals surface area contributed by atoms with Crippen LogP contribution in [0, 0.1) is 11.3 Å². The number of amides is 1. The number of fused-ring (bicyclic) bond motifs is 2. The number of aromatic nitrogens is 3. The molecule has 3 aromatic rings. The summed E-state index contributed by atoms with van der Waals surface area (Å²) < 4.78 is 1.76. The lowest BCUT2D eigenvalue weighted by Gasteiger charge is -2.36. The van der Waals surface area contributed by atoms with Gasteiger partial charge in [0, 0.05) is 29.6 Å². The van der Waals surface area contributed by atoms with Crippen molar-refractivity contribution in [2.75, 3.05) is 6.54 Å². The van der Waals surface area contributed by atoms with Gasteiger partial charge in [-0.3, -0.25) is 4.79 Å². The molecule has 0 saturated heterocycles. The van der Waals surface area contributed by atoms with E-state index in [0.717, 1.165) is 37.1 Å². The van der Waals surface area contributed by atoms with Gasteiger partial charge in [0.1, 0.15) is 0 Å². The normalized spacial score (nSPS) is 22.5. The molecule has 1 aromatic heterocycles. The van der Waals surface area contributed by atoms with Crippen LogP contribution in [0.5, 0.6) is 0 Å². The molecular weight excluding hydrogens is 460 g/mol. The Bertz CT molecular complexity index is 1350. The zero-order valence-electron chi connectivity index (χ0n) is 19.6. The standard InChI is InChI=1S/C27H27ClN6O/c1-16(17-3-5-24-20(8-17)13-30-15-27(24)6-7-27)34-14-25(32-33-34)26(35)31-22-9-19(10-22)23-11-21(28)4-2-18(23)12-29/h2-5,8,11,14,16,19,22,30H,6-7,9-10,13,15H2,1H3,(H,31,35)/t16-,19?,22?/m1/s1. The Balaban J connectivity index is 1.10. The van der Waals surface area contributed by atoms with E-state index in [1.807, 2.05) is 6.07 Å². The number of nitrogens with one attached hydrogen (secondary N) is 2. The van der Waals surface area contributed by atoms with Crippen molar-refractivity contribution in [1.82, 2.24) is 25.6 Å². The number of benzene rings is 2. The highest BCUT2D eigenvalue weighted by atomic mass is 35.5. The second-order valence-electron chi connectivity index (χ2n) is 10.2. The molecule has 1 spiro atoms. The van der Waals surface area contributed by atoms with E-state index >= 15 is 0 Å². The molecule has 35 heavy (non-hydrogen) atoms. The Morgan fingerprint density at radius 2 is 2.11 bits per heavy atom. The van der Waals surface area contributed by atoms with Crippen LogP contribution in [0.3, 0.4) is 0 Å². The number of carbonyl (C=O) groups excluding carboxylic acids is 1. The Morgan fingerprint density at radius 3 is 2.89 bits per heavy atom. The SMILES string of the molecule is C[C@H](c1ccc2c(c1)CNCC21CC1)n1cc(C(=O)NC2CC(c3cc(Cl)ccc3C#N)C2)nn1. The van der Waals surface area contributed by atoms with E-state index in [-0.39, 0.29) is 23.9 Å². The van der Waals surface area contributed by atoms with Gasteiger partial charge in [0.2, 0.25) is 0 Å². The highest BCUT2D eigenvalue weighted by Gasteiger charge is 2.46. The summed E-state index contributed by atoms with van der Waals surface area (Å²) in [7, 11) is 0. The van der Waals surface area contributed by atoms with Crippen LogP contribution in [0.1, 0.15) is 82.9 Å². The highest BCUT2D eigenvalue weighted by Crippen LogP contribution is 2.50. The topological polar surface area (TPSA) is 95.6 Å². The van der Waals surface area contributed by atoms with Crippen LogP contribution in [-0.2, 0) is 12.0 Å². The van der Waals surface area contributed by atoms with Crippen molar-refractivity contribution in [3.05, 3.63) is 81.1 Å². The average molecular weight is 487 g/mol. The average Bonchev–Trinajstić information content (AvgIpc) is 3.42. The summed E-state index contributed by atoms with van der Waals surface area (Å²) >= 11 is 6.12. The van der Waals surface area contributed by atoms with Gasteiger partial charge in [-0.05, 0) is 79.0 Å². The molecule has 2 saturated carbocycles. The largest absolute Gasteiger partial charge is 0.348 e. The summed E-state index contributed by atoms with van der Waals surface area (Å²) in [5.41, 5.74) is 6.30. The summed E-state index contributed by atoms with van der Waals surface area (Å²) in [5.74, 6) is 0.00134. The molecule has 8 heteroatoms. The number of carbonyl (C=O) groups is 1. The van der Waals surface area contributed by atoms with Crippen LogP contribution < -0.4 is 10.6 Å². The van der Waals surface area contributed by atoms with Gasteiger partial charge in [-0.25, -0.2) is 4.68 Å². The monoisotopic (exact) mass is 486 g/mol. The van der Waals surface area contributed by atoms with Crippen molar-refractivity contribution >= 4 is 17.5 Å². The second-order valence-corrected chi connectivity index (χ2v) is 10.7. The third kappa shape index (κ3) is 4.01. The fourth-order valence-electron chi connectivity index (χ4n) is 5.61. The van der Waals surface area contributed by atoms with E-state index in [1.54, 1.807) is 23.0 Å². The molecule has 1 atom stereocenters. The number of rotatable bonds is 5. The third-order valence-electron chi connectivity index (χ3n) is 8.00. The minimum Gasteiger partial charge on any atom is -0.348 e. The Morgan fingerprint density at radius 1 is 1.29 bits per heavy atom. The smallest absolute Gasteiger partial charge is 0.273 e. The molecule has 2 aliphatic carbocycles. The first-order valence-electron chi connectivity index (χ1n) is 12.2. The van der Waals surface area contributed by atoms with Crippen molar-refractivity contribution in [2.45, 2.75) is 62.6 Å². The number of halogens is 1. The molecule has 2 N–H and O–H groups in total. The fourth-order valence-corrected chi connectivity index (χ4v) is 5.79. The lowest BCUT2D eigenvalue weighted by atomic mass is 9.74. The maximum absolute atomic E-state index is 12.8. The molecule has 0 unspecified atom stereocenters. The molecule has 7 nitrogen and oxygen atoms in total. The van der Waals surface area contributed by atoms with Gasteiger partial charge in [-0.1, -0.05) is 35.0 Å². The fraction of sp³-hybridized carbons (Fsp3) is 0.407. The molecule has 1 aliphatic heterocycles. The van der Waals surface area contributed by atoms with E-state index < -0.39 is 0 Å². The Kier molecular flexibility index (Phi) is 5.39. The van der Waals surface area contributed by atoms with Crippen LogP contribution in [0.15, 0.2) is 42.6 Å². The third-order valence-corrected chi connectivity index (χ3v) is 8.24.